The van der Waals surface area contributed by atoms with Crippen molar-refractivity contribution < 1.29 is 19.4 Å². The molecule has 120 valence electrons. The summed E-state index contributed by atoms with van der Waals surface area (Å²) in [6.45, 7) is 6.36. The SMILES string of the molecule is CC(NC(=O)N1CCC(C)(C(=O)O)CC1)C1CCOCC1. The Morgan fingerprint density at radius 1 is 1.29 bits per heavy atom. The number of aliphatic carboxylic acids is 1. The second kappa shape index (κ2) is 6.64. The maximum Gasteiger partial charge on any atom is 0.317 e. The van der Waals surface area contributed by atoms with E-state index in [4.69, 9.17) is 4.74 Å². The standard InChI is InChI=1S/C15H26N2O4/c1-11(12-3-9-21-10-4-12)16-14(20)17-7-5-15(2,6-8-17)13(18)19/h11-12H,3-10H2,1-2H3,(H,16,20)(H,18,19). The molecule has 2 rings (SSSR count). The molecule has 1 atom stereocenters. The zero-order valence-electron chi connectivity index (χ0n) is 12.9. The predicted molar refractivity (Wildman–Crippen MR) is 78.1 cm³/mol. The Labute approximate surface area is 125 Å². The number of likely N-dealkylation sites (tertiary alicyclic amines) is 1. The van der Waals surface area contributed by atoms with Gasteiger partial charge in [0, 0.05) is 32.3 Å². The van der Waals surface area contributed by atoms with Crippen molar-refractivity contribution in [2.24, 2.45) is 11.3 Å². The van der Waals surface area contributed by atoms with Crippen LogP contribution < -0.4 is 5.32 Å². The molecule has 21 heavy (non-hydrogen) atoms. The zero-order chi connectivity index (χ0) is 15.5. The number of nitrogens with one attached hydrogen (secondary N) is 1. The minimum atomic E-state index is -0.766. The molecule has 2 heterocycles. The van der Waals surface area contributed by atoms with Gasteiger partial charge in [0.2, 0.25) is 0 Å². The first-order chi connectivity index (χ1) is 9.92. The van der Waals surface area contributed by atoms with Gasteiger partial charge in [-0.25, -0.2) is 4.79 Å². The second-order valence-corrected chi connectivity index (χ2v) is 6.54. The number of rotatable bonds is 3. The van der Waals surface area contributed by atoms with Gasteiger partial charge in [-0.1, -0.05) is 0 Å². The third-order valence-corrected chi connectivity index (χ3v) is 4.99. The molecule has 0 aliphatic carbocycles. The molecule has 2 fully saturated rings. The number of ether oxygens (including phenoxy) is 1. The van der Waals surface area contributed by atoms with E-state index in [1.807, 2.05) is 6.92 Å². The summed E-state index contributed by atoms with van der Waals surface area (Å²) in [7, 11) is 0. The summed E-state index contributed by atoms with van der Waals surface area (Å²) in [6.07, 6.45) is 3.00. The largest absolute Gasteiger partial charge is 0.481 e. The van der Waals surface area contributed by atoms with Gasteiger partial charge >= 0.3 is 12.0 Å². The van der Waals surface area contributed by atoms with E-state index < -0.39 is 11.4 Å². The van der Waals surface area contributed by atoms with Crippen molar-refractivity contribution in [1.29, 1.82) is 0 Å². The van der Waals surface area contributed by atoms with E-state index in [1.165, 1.54) is 0 Å². The van der Waals surface area contributed by atoms with Crippen LogP contribution in [0.25, 0.3) is 0 Å². The van der Waals surface area contributed by atoms with Gasteiger partial charge in [0.1, 0.15) is 0 Å². The van der Waals surface area contributed by atoms with Crippen LogP contribution in [0, 0.1) is 11.3 Å². The lowest BCUT2D eigenvalue weighted by Crippen LogP contribution is -2.51. The van der Waals surface area contributed by atoms with Crippen LogP contribution in [0.1, 0.15) is 39.5 Å². The average molecular weight is 298 g/mol. The maximum absolute atomic E-state index is 12.3. The first kappa shape index (κ1) is 16.1. The molecular weight excluding hydrogens is 272 g/mol. The van der Waals surface area contributed by atoms with Gasteiger partial charge in [0.05, 0.1) is 5.41 Å². The fraction of sp³-hybridized carbons (Fsp3) is 0.867. The van der Waals surface area contributed by atoms with E-state index in [1.54, 1.807) is 11.8 Å². The van der Waals surface area contributed by atoms with Gasteiger partial charge in [-0.05, 0) is 45.4 Å². The zero-order valence-corrected chi connectivity index (χ0v) is 12.9. The van der Waals surface area contributed by atoms with Gasteiger partial charge in [-0.2, -0.15) is 0 Å². The van der Waals surface area contributed by atoms with E-state index in [0.29, 0.717) is 31.8 Å². The molecule has 0 bridgehead atoms. The van der Waals surface area contributed by atoms with Crippen LogP contribution in [-0.2, 0) is 9.53 Å². The number of carboxylic acid groups (broad SMARTS) is 1. The Hall–Kier alpha value is -1.30. The smallest absolute Gasteiger partial charge is 0.317 e. The number of urea groups is 1. The second-order valence-electron chi connectivity index (χ2n) is 6.54. The predicted octanol–water partition coefficient (Wildman–Crippen LogP) is 1.70. The lowest BCUT2D eigenvalue weighted by atomic mass is 9.80. The number of carbonyl (C=O) groups excluding carboxylic acids is 1. The van der Waals surface area contributed by atoms with Gasteiger partial charge in [-0.15, -0.1) is 0 Å². The van der Waals surface area contributed by atoms with E-state index in [-0.39, 0.29) is 12.1 Å². The van der Waals surface area contributed by atoms with Gasteiger partial charge in [0.15, 0.2) is 0 Å². The van der Waals surface area contributed by atoms with Crippen LogP contribution in [0.15, 0.2) is 0 Å². The van der Waals surface area contributed by atoms with E-state index in [2.05, 4.69) is 5.32 Å². The van der Waals surface area contributed by atoms with Crippen molar-refractivity contribution in [1.82, 2.24) is 10.2 Å². The van der Waals surface area contributed by atoms with Crippen molar-refractivity contribution in [3.05, 3.63) is 0 Å². The lowest BCUT2D eigenvalue weighted by Gasteiger charge is -2.37. The molecule has 2 N–H and O–H groups in total. The topological polar surface area (TPSA) is 78.9 Å². The van der Waals surface area contributed by atoms with Gasteiger partial charge < -0.3 is 20.1 Å². The first-order valence-corrected chi connectivity index (χ1v) is 7.79. The average Bonchev–Trinajstić information content (AvgIpc) is 2.48. The molecule has 0 spiro atoms. The van der Waals surface area contributed by atoms with Crippen molar-refractivity contribution >= 4 is 12.0 Å². The van der Waals surface area contributed by atoms with Crippen LogP contribution in [0.2, 0.25) is 0 Å². The van der Waals surface area contributed by atoms with Gasteiger partial charge in [-0.3, -0.25) is 4.79 Å². The number of nitrogens with zero attached hydrogens (tertiary/aromatic N) is 1. The Bertz CT molecular complexity index is 385. The molecule has 6 heteroatoms. The number of amides is 2. The summed E-state index contributed by atoms with van der Waals surface area (Å²) < 4.78 is 5.34. The molecular formula is C15H26N2O4. The molecule has 2 aliphatic heterocycles. The molecule has 0 aromatic rings. The number of piperidine rings is 1. The molecule has 2 aliphatic rings. The summed E-state index contributed by atoms with van der Waals surface area (Å²) >= 11 is 0. The molecule has 2 saturated heterocycles. The highest BCUT2D eigenvalue weighted by molar-refractivity contribution is 5.77. The number of hydrogen-bond donors (Lipinski definition) is 2. The summed E-state index contributed by atoms with van der Waals surface area (Å²) in [5, 5.41) is 12.3. The van der Waals surface area contributed by atoms with E-state index >= 15 is 0 Å². The highest BCUT2D eigenvalue weighted by Crippen LogP contribution is 2.31. The minimum Gasteiger partial charge on any atom is -0.481 e. The Morgan fingerprint density at radius 2 is 1.86 bits per heavy atom. The third-order valence-electron chi connectivity index (χ3n) is 4.99. The van der Waals surface area contributed by atoms with Gasteiger partial charge in [0.25, 0.3) is 0 Å². The number of hydrogen-bond acceptors (Lipinski definition) is 3. The molecule has 0 aromatic heterocycles. The Kier molecular flexibility index (Phi) is 5.08. The summed E-state index contributed by atoms with van der Waals surface area (Å²) in [4.78, 5) is 25.2. The van der Waals surface area contributed by atoms with Crippen LogP contribution >= 0.6 is 0 Å². The molecule has 0 radical (unpaired) electrons. The van der Waals surface area contributed by atoms with E-state index in [9.17, 15) is 14.7 Å². The monoisotopic (exact) mass is 298 g/mol. The van der Waals surface area contributed by atoms with E-state index in [0.717, 1.165) is 26.1 Å². The van der Waals surface area contributed by atoms with Crippen molar-refractivity contribution in [3.63, 3.8) is 0 Å². The molecule has 0 saturated carbocycles. The molecule has 1 unspecified atom stereocenters. The fourth-order valence-electron chi connectivity index (χ4n) is 3.04. The van der Waals surface area contributed by atoms with Crippen LogP contribution in [-0.4, -0.2) is 54.4 Å². The highest BCUT2D eigenvalue weighted by Gasteiger charge is 2.38. The van der Waals surface area contributed by atoms with Crippen LogP contribution in [0.4, 0.5) is 4.79 Å². The summed E-state index contributed by atoms with van der Waals surface area (Å²) in [5.74, 6) is -0.296. The van der Waals surface area contributed by atoms with Crippen molar-refractivity contribution in [3.8, 4) is 0 Å². The Balaban J connectivity index is 1.80. The van der Waals surface area contributed by atoms with Crippen LogP contribution in [0.5, 0.6) is 0 Å². The quantitative estimate of drug-likeness (QED) is 0.831. The van der Waals surface area contributed by atoms with Crippen molar-refractivity contribution in [2.45, 2.75) is 45.6 Å². The first-order valence-electron chi connectivity index (χ1n) is 7.79. The maximum atomic E-state index is 12.3. The lowest BCUT2D eigenvalue weighted by molar-refractivity contribution is -0.150. The molecule has 0 aromatic carbocycles. The molecule has 2 amide bonds. The van der Waals surface area contributed by atoms with Crippen molar-refractivity contribution in [2.75, 3.05) is 26.3 Å². The summed E-state index contributed by atoms with van der Waals surface area (Å²) in [6, 6.07) is 0.0654. The highest BCUT2D eigenvalue weighted by atomic mass is 16.5. The summed E-state index contributed by atoms with van der Waals surface area (Å²) in [5.41, 5.74) is -0.691. The third kappa shape index (κ3) is 3.87. The molecule has 6 nitrogen and oxygen atoms in total. The number of carbonyl (C=O) groups is 2. The Morgan fingerprint density at radius 3 is 2.38 bits per heavy atom. The van der Waals surface area contributed by atoms with Crippen LogP contribution in [0.3, 0.4) is 0 Å². The number of carboxylic acids is 1. The normalized spacial score (nSPS) is 24.4. The minimum absolute atomic E-state index is 0.0681. The fourth-order valence-corrected chi connectivity index (χ4v) is 3.04.